The lowest BCUT2D eigenvalue weighted by molar-refractivity contribution is -0.867. The average Bonchev–Trinajstić information content (AvgIpc) is 2.83. The maximum absolute atomic E-state index is 12.4. The van der Waals surface area contributed by atoms with Crippen molar-refractivity contribution in [1.82, 2.24) is 0 Å². The van der Waals surface area contributed by atoms with Crippen molar-refractivity contribution in [2.45, 2.75) is 117 Å². The maximum Gasteiger partial charge on any atom is 0.333 e. The van der Waals surface area contributed by atoms with Crippen molar-refractivity contribution < 1.29 is 32.7 Å². The predicted octanol–water partition coefficient (Wildman–Crippen LogP) is 6.96. The van der Waals surface area contributed by atoms with Gasteiger partial charge < -0.3 is 23.4 Å². The molecule has 8 heteroatoms. The van der Waals surface area contributed by atoms with Gasteiger partial charge in [-0.25, -0.2) is 0 Å². The third kappa shape index (κ3) is 22.7. The quantitative estimate of drug-likeness (QED) is 0.0588. The molecule has 3 unspecified atom stereocenters. The van der Waals surface area contributed by atoms with Crippen molar-refractivity contribution in [2.75, 3.05) is 53.7 Å². The van der Waals surface area contributed by atoms with Crippen LogP contribution in [0.4, 0.5) is 0 Å². The fourth-order valence-corrected chi connectivity index (χ4v) is 5.39. The van der Waals surface area contributed by atoms with Crippen LogP contribution in [0.5, 0.6) is 0 Å². The molecule has 0 aliphatic carbocycles. The molecule has 1 N–H and O–H groups in total. The Kier molecular flexibility index (Phi) is 21.2. The summed E-state index contributed by atoms with van der Waals surface area (Å²) in [5.74, 6) is 0.277. The van der Waals surface area contributed by atoms with Gasteiger partial charge in [0.1, 0.15) is 6.10 Å². The molecule has 0 aromatic rings. The first-order chi connectivity index (χ1) is 17.0. The molecule has 216 valence electrons. The first kappa shape index (κ1) is 35.5. The Morgan fingerprint density at radius 1 is 0.861 bits per heavy atom. The first-order valence-electron chi connectivity index (χ1n) is 14.6. The Balaban J connectivity index is 4.18. The van der Waals surface area contributed by atoms with E-state index in [0.717, 1.165) is 12.8 Å². The van der Waals surface area contributed by atoms with Gasteiger partial charge in [0.2, 0.25) is 0 Å². The summed E-state index contributed by atoms with van der Waals surface area (Å²) in [4.78, 5) is 21.9. The highest BCUT2D eigenvalue weighted by Gasteiger charge is 2.26. The number of ether oxygens (including phenoxy) is 2. The number of nitrogens with zero attached hydrogens (tertiary/aromatic N) is 1. The van der Waals surface area contributed by atoms with Crippen LogP contribution in [0.2, 0.25) is 0 Å². The summed E-state index contributed by atoms with van der Waals surface area (Å²) in [6.45, 7) is 7.37. The van der Waals surface area contributed by atoms with Gasteiger partial charge in [-0.3, -0.25) is 9.36 Å². The van der Waals surface area contributed by atoms with E-state index in [1.165, 1.54) is 70.6 Å². The van der Waals surface area contributed by atoms with E-state index < -0.39 is 13.7 Å². The first-order valence-corrected chi connectivity index (χ1v) is 16.3. The SMILES string of the molecule is CCCCCCCCCCCCC(CC)CCOCC(COP(=O)(O)CC[N+](C)(C)C)OC(=O)CC. The standard InChI is InChI=1S/C28H58NO6P/c1-7-10-11-12-13-14-15-16-17-18-19-26(8-2)20-22-33-24-27(35-28(30)9-3)25-34-36(31,32)23-21-29(4,5)6/h26-27H,7-25H2,1-6H3/p+1. The molecule has 3 atom stereocenters. The number of quaternary nitrogens is 1. The van der Waals surface area contributed by atoms with Crippen molar-refractivity contribution in [1.29, 1.82) is 0 Å². The van der Waals surface area contributed by atoms with Gasteiger partial charge in [-0.1, -0.05) is 97.8 Å². The highest BCUT2D eigenvalue weighted by molar-refractivity contribution is 7.52. The Morgan fingerprint density at radius 3 is 1.97 bits per heavy atom. The number of hydrogen-bond acceptors (Lipinski definition) is 5. The number of unbranched alkanes of at least 4 members (excludes halogenated alkanes) is 9. The van der Waals surface area contributed by atoms with Gasteiger partial charge in [-0.05, 0) is 12.3 Å². The normalized spacial score (nSPS) is 15.4. The van der Waals surface area contributed by atoms with Crippen LogP contribution >= 0.6 is 7.60 Å². The zero-order valence-corrected chi connectivity index (χ0v) is 25.4. The second kappa shape index (κ2) is 21.5. The highest BCUT2D eigenvalue weighted by atomic mass is 31.2. The second-order valence-electron chi connectivity index (χ2n) is 11.2. The highest BCUT2D eigenvalue weighted by Crippen LogP contribution is 2.42. The van der Waals surface area contributed by atoms with Gasteiger partial charge in [0.15, 0.2) is 0 Å². The lowest BCUT2D eigenvalue weighted by Gasteiger charge is -2.25. The summed E-state index contributed by atoms with van der Waals surface area (Å²) in [6.07, 6.45) is 16.5. The molecule has 0 spiro atoms. The second-order valence-corrected chi connectivity index (χ2v) is 13.2. The molecule has 7 nitrogen and oxygen atoms in total. The third-order valence-corrected chi connectivity index (χ3v) is 7.94. The van der Waals surface area contributed by atoms with Crippen LogP contribution in [0, 0.1) is 5.92 Å². The monoisotopic (exact) mass is 536 g/mol. The molecule has 0 heterocycles. The lowest BCUT2D eigenvalue weighted by atomic mass is 9.95. The van der Waals surface area contributed by atoms with E-state index in [4.69, 9.17) is 14.0 Å². The summed E-state index contributed by atoms with van der Waals surface area (Å²) < 4.78 is 29.4. The minimum atomic E-state index is -3.75. The third-order valence-electron chi connectivity index (χ3n) is 6.62. The van der Waals surface area contributed by atoms with Crippen LogP contribution in [0.15, 0.2) is 0 Å². The van der Waals surface area contributed by atoms with Crippen LogP contribution in [0.1, 0.15) is 111 Å². The summed E-state index contributed by atoms with van der Waals surface area (Å²) >= 11 is 0. The van der Waals surface area contributed by atoms with E-state index in [0.29, 0.717) is 23.6 Å². The predicted molar refractivity (Wildman–Crippen MR) is 149 cm³/mol. The Bertz CT molecular complexity index is 581. The molecule has 0 aliphatic rings. The topological polar surface area (TPSA) is 82.1 Å². The van der Waals surface area contributed by atoms with Crippen molar-refractivity contribution in [3.05, 3.63) is 0 Å². The van der Waals surface area contributed by atoms with E-state index in [-0.39, 0.29) is 31.8 Å². The lowest BCUT2D eigenvalue weighted by Crippen LogP contribution is -2.37. The van der Waals surface area contributed by atoms with Gasteiger partial charge in [-0.15, -0.1) is 0 Å². The van der Waals surface area contributed by atoms with Crippen LogP contribution in [-0.4, -0.2) is 75.1 Å². The van der Waals surface area contributed by atoms with Gasteiger partial charge in [-0.2, -0.15) is 0 Å². The van der Waals surface area contributed by atoms with E-state index in [1.54, 1.807) is 6.92 Å². The average molecular weight is 537 g/mol. The Hall–Kier alpha value is -0.460. The molecule has 0 fully saturated rings. The molecule has 0 saturated carbocycles. The van der Waals surface area contributed by atoms with Crippen molar-refractivity contribution >= 4 is 13.6 Å². The molecule has 36 heavy (non-hydrogen) atoms. The fraction of sp³-hybridized carbons (Fsp3) is 0.964. The molecule has 0 radical (unpaired) electrons. The zero-order valence-electron chi connectivity index (χ0n) is 24.5. The van der Waals surface area contributed by atoms with Crippen LogP contribution in [0.25, 0.3) is 0 Å². The molecule has 0 amide bonds. The molecular formula is C28H59NO6P+. The fourth-order valence-electron chi connectivity index (χ4n) is 4.01. The van der Waals surface area contributed by atoms with E-state index in [9.17, 15) is 14.3 Å². The molecule has 0 rings (SSSR count). The van der Waals surface area contributed by atoms with Crippen LogP contribution in [0.3, 0.4) is 0 Å². The van der Waals surface area contributed by atoms with Crippen LogP contribution < -0.4 is 0 Å². The van der Waals surface area contributed by atoms with Crippen molar-refractivity contribution in [3.63, 3.8) is 0 Å². The summed E-state index contributed by atoms with van der Waals surface area (Å²) in [6, 6.07) is 0. The van der Waals surface area contributed by atoms with E-state index >= 15 is 0 Å². The van der Waals surface area contributed by atoms with Crippen molar-refractivity contribution in [2.24, 2.45) is 5.92 Å². The van der Waals surface area contributed by atoms with E-state index in [2.05, 4.69) is 13.8 Å². The minimum absolute atomic E-state index is 0.0585. The van der Waals surface area contributed by atoms with Gasteiger partial charge >= 0.3 is 13.6 Å². The number of carbonyl (C=O) groups excluding carboxylic acids is 1. The Morgan fingerprint density at radius 2 is 1.44 bits per heavy atom. The van der Waals surface area contributed by atoms with Gasteiger partial charge in [0.25, 0.3) is 0 Å². The van der Waals surface area contributed by atoms with Gasteiger partial charge in [0, 0.05) is 13.0 Å². The number of rotatable bonds is 25. The van der Waals surface area contributed by atoms with Crippen molar-refractivity contribution in [3.8, 4) is 0 Å². The molecule has 0 aromatic carbocycles. The molecule has 0 aromatic heterocycles. The smallest absolute Gasteiger partial charge is 0.333 e. The minimum Gasteiger partial charge on any atom is -0.457 e. The maximum atomic E-state index is 12.4. The molecule has 0 saturated heterocycles. The van der Waals surface area contributed by atoms with Crippen LogP contribution in [-0.2, 0) is 23.4 Å². The molecule has 0 aliphatic heterocycles. The van der Waals surface area contributed by atoms with E-state index in [1.807, 2.05) is 21.1 Å². The Labute approximate surface area is 222 Å². The largest absolute Gasteiger partial charge is 0.457 e. The summed E-state index contributed by atoms with van der Waals surface area (Å²) in [5, 5.41) is 0. The number of esters is 1. The summed E-state index contributed by atoms with van der Waals surface area (Å²) in [7, 11) is 2.13. The summed E-state index contributed by atoms with van der Waals surface area (Å²) in [5.41, 5.74) is 0. The number of carbonyl (C=O) groups is 1. The molecular weight excluding hydrogens is 477 g/mol. The van der Waals surface area contributed by atoms with Gasteiger partial charge in [0.05, 0.1) is 47.1 Å². The zero-order chi connectivity index (χ0) is 27.3. The molecule has 0 bridgehead atoms. The number of hydrogen-bond donors (Lipinski definition) is 1.